The van der Waals surface area contributed by atoms with E-state index in [9.17, 15) is 9.59 Å². The summed E-state index contributed by atoms with van der Waals surface area (Å²) in [7, 11) is 4.59. The molecule has 0 radical (unpaired) electrons. The number of hydrogen-bond donors (Lipinski definition) is 0. The molecule has 1 aromatic carbocycles. The molecule has 0 unspecified atom stereocenters. The van der Waals surface area contributed by atoms with E-state index in [0.29, 0.717) is 48.7 Å². The average Bonchev–Trinajstić information content (AvgIpc) is 3.26. The van der Waals surface area contributed by atoms with E-state index >= 15 is 0 Å². The molecule has 0 aliphatic carbocycles. The largest absolute Gasteiger partial charge is 0.493 e. The van der Waals surface area contributed by atoms with E-state index in [4.69, 9.17) is 14.2 Å². The molecule has 0 aromatic heterocycles. The molecule has 0 N–H and O–H groups in total. The minimum Gasteiger partial charge on any atom is -0.493 e. The predicted molar refractivity (Wildman–Crippen MR) is 101 cm³/mol. The number of methoxy groups -OCH3 is 3. The van der Waals surface area contributed by atoms with Crippen molar-refractivity contribution in [2.24, 2.45) is 5.92 Å². The van der Waals surface area contributed by atoms with E-state index in [1.807, 2.05) is 4.90 Å². The van der Waals surface area contributed by atoms with Crippen LogP contribution in [0.1, 0.15) is 36.0 Å². The van der Waals surface area contributed by atoms with Gasteiger partial charge in [0.25, 0.3) is 5.91 Å². The minimum atomic E-state index is -0.0821. The summed E-state index contributed by atoms with van der Waals surface area (Å²) in [5.41, 5.74) is 0.494. The zero-order valence-electron chi connectivity index (χ0n) is 16.3. The number of nitrogens with zero attached hydrogens (tertiary/aromatic N) is 2. The first-order chi connectivity index (χ1) is 13.1. The van der Waals surface area contributed by atoms with Gasteiger partial charge in [0.15, 0.2) is 11.5 Å². The first-order valence-corrected chi connectivity index (χ1v) is 9.47. The fourth-order valence-corrected chi connectivity index (χ4v) is 3.91. The van der Waals surface area contributed by atoms with Crippen LogP contribution in [-0.2, 0) is 4.79 Å². The fraction of sp³-hybridized carbons (Fsp3) is 0.600. The number of carbonyl (C=O) groups excluding carboxylic acids is 2. The molecule has 2 aliphatic rings. The van der Waals surface area contributed by atoms with Crippen LogP contribution in [0.25, 0.3) is 0 Å². The monoisotopic (exact) mass is 376 g/mol. The maximum atomic E-state index is 12.9. The standard InChI is InChI=1S/C20H28N2O5/c1-25-16-12-15(13-17(26-2)18(16)27-3)20(24)22-10-6-14(7-11-22)19(23)21-8-4-5-9-21/h12-14H,4-11H2,1-3H3. The smallest absolute Gasteiger partial charge is 0.254 e. The zero-order valence-corrected chi connectivity index (χ0v) is 16.3. The van der Waals surface area contributed by atoms with Crippen molar-refractivity contribution in [2.75, 3.05) is 47.5 Å². The fourth-order valence-electron chi connectivity index (χ4n) is 3.91. The Hall–Kier alpha value is -2.44. The lowest BCUT2D eigenvalue weighted by Crippen LogP contribution is -2.43. The minimum absolute atomic E-state index is 0.0343. The van der Waals surface area contributed by atoms with Crippen molar-refractivity contribution >= 4 is 11.8 Å². The van der Waals surface area contributed by atoms with Gasteiger partial charge in [-0.15, -0.1) is 0 Å². The highest BCUT2D eigenvalue weighted by Gasteiger charge is 2.32. The predicted octanol–water partition coefficient (Wildman–Crippen LogP) is 2.19. The summed E-state index contributed by atoms with van der Waals surface area (Å²) in [5, 5.41) is 0. The molecule has 2 saturated heterocycles. The van der Waals surface area contributed by atoms with Gasteiger partial charge in [-0.3, -0.25) is 9.59 Å². The number of amides is 2. The molecule has 7 heteroatoms. The Morgan fingerprint density at radius 1 is 0.852 bits per heavy atom. The number of hydrogen-bond acceptors (Lipinski definition) is 5. The van der Waals surface area contributed by atoms with E-state index in [1.165, 1.54) is 21.3 Å². The maximum Gasteiger partial charge on any atom is 0.254 e. The van der Waals surface area contributed by atoms with Crippen molar-refractivity contribution in [3.05, 3.63) is 17.7 Å². The first-order valence-electron chi connectivity index (χ1n) is 9.47. The van der Waals surface area contributed by atoms with Gasteiger partial charge in [0.2, 0.25) is 11.7 Å². The molecule has 0 atom stereocenters. The van der Waals surface area contributed by atoms with E-state index < -0.39 is 0 Å². The number of ether oxygens (including phenoxy) is 3. The number of rotatable bonds is 5. The molecular weight excluding hydrogens is 348 g/mol. The van der Waals surface area contributed by atoms with E-state index in [2.05, 4.69) is 0 Å². The molecule has 2 heterocycles. The zero-order chi connectivity index (χ0) is 19.4. The summed E-state index contributed by atoms with van der Waals surface area (Å²) >= 11 is 0. The lowest BCUT2D eigenvalue weighted by atomic mass is 9.95. The molecule has 2 aliphatic heterocycles. The maximum absolute atomic E-state index is 12.9. The molecular formula is C20H28N2O5. The van der Waals surface area contributed by atoms with E-state index in [-0.39, 0.29) is 17.7 Å². The molecule has 0 saturated carbocycles. The number of likely N-dealkylation sites (tertiary alicyclic amines) is 2. The highest BCUT2D eigenvalue weighted by molar-refractivity contribution is 5.96. The van der Waals surface area contributed by atoms with Crippen LogP contribution in [-0.4, -0.2) is 69.1 Å². The highest BCUT2D eigenvalue weighted by Crippen LogP contribution is 2.38. The third-order valence-electron chi connectivity index (χ3n) is 5.46. The van der Waals surface area contributed by atoms with Crippen molar-refractivity contribution in [1.29, 1.82) is 0 Å². The van der Waals surface area contributed by atoms with Crippen LogP contribution >= 0.6 is 0 Å². The van der Waals surface area contributed by atoms with E-state index in [0.717, 1.165) is 25.9 Å². The third kappa shape index (κ3) is 3.96. The van der Waals surface area contributed by atoms with Gasteiger partial charge < -0.3 is 24.0 Å². The Kier molecular flexibility index (Phi) is 6.08. The molecule has 2 amide bonds. The van der Waals surface area contributed by atoms with Crippen molar-refractivity contribution in [1.82, 2.24) is 9.80 Å². The molecule has 27 heavy (non-hydrogen) atoms. The quantitative estimate of drug-likeness (QED) is 0.788. The Labute approximate surface area is 160 Å². The van der Waals surface area contributed by atoms with E-state index in [1.54, 1.807) is 17.0 Å². The van der Waals surface area contributed by atoms with Crippen LogP contribution in [0, 0.1) is 5.92 Å². The van der Waals surface area contributed by atoms with Gasteiger partial charge in [-0.2, -0.15) is 0 Å². The number of piperidine rings is 1. The summed E-state index contributed by atoms with van der Waals surface area (Å²) < 4.78 is 16.0. The molecule has 2 fully saturated rings. The van der Waals surface area contributed by atoms with Crippen LogP contribution in [0.15, 0.2) is 12.1 Å². The van der Waals surface area contributed by atoms with Crippen LogP contribution in [0.3, 0.4) is 0 Å². The van der Waals surface area contributed by atoms with Crippen molar-refractivity contribution in [3.63, 3.8) is 0 Å². The van der Waals surface area contributed by atoms with Crippen molar-refractivity contribution in [3.8, 4) is 17.2 Å². The third-order valence-corrected chi connectivity index (χ3v) is 5.46. The summed E-state index contributed by atoms with van der Waals surface area (Å²) in [6.07, 6.45) is 3.63. The highest BCUT2D eigenvalue weighted by atomic mass is 16.5. The number of carbonyl (C=O) groups is 2. The lowest BCUT2D eigenvalue weighted by molar-refractivity contribution is -0.135. The van der Waals surface area contributed by atoms with Gasteiger partial charge in [0.05, 0.1) is 21.3 Å². The van der Waals surface area contributed by atoms with Gasteiger partial charge in [-0.05, 0) is 37.8 Å². The second kappa shape index (κ2) is 8.50. The average molecular weight is 376 g/mol. The molecule has 3 rings (SSSR count). The van der Waals surface area contributed by atoms with Gasteiger partial charge >= 0.3 is 0 Å². The lowest BCUT2D eigenvalue weighted by Gasteiger charge is -2.33. The number of benzene rings is 1. The summed E-state index contributed by atoms with van der Waals surface area (Å²) in [6, 6.07) is 3.34. The molecule has 0 bridgehead atoms. The van der Waals surface area contributed by atoms with Crippen LogP contribution in [0.5, 0.6) is 17.2 Å². The first kappa shape index (κ1) is 19.3. The summed E-state index contributed by atoms with van der Waals surface area (Å²) in [5.74, 6) is 1.59. The Bertz CT molecular complexity index is 667. The SMILES string of the molecule is COc1cc(C(=O)N2CCC(C(=O)N3CCCC3)CC2)cc(OC)c1OC. The second-order valence-corrected chi connectivity index (χ2v) is 7.01. The summed E-state index contributed by atoms with van der Waals surface area (Å²) in [4.78, 5) is 29.3. The van der Waals surface area contributed by atoms with Crippen LogP contribution in [0.4, 0.5) is 0 Å². The Morgan fingerprint density at radius 2 is 1.41 bits per heavy atom. The summed E-state index contributed by atoms with van der Waals surface area (Å²) in [6.45, 7) is 2.92. The van der Waals surface area contributed by atoms with Gasteiger partial charge in [-0.1, -0.05) is 0 Å². The molecule has 0 spiro atoms. The van der Waals surface area contributed by atoms with Crippen LogP contribution in [0.2, 0.25) is 0 Å². The molecule has 7 nitrogen and oxygen atoms in total. The molecule has 1 aromatic rings. The van der Waals surface area contributed by atoms with Crippen molar-refractivity contribution < 1.29 is 23.8 Å². The topological polar surface area (TPSA) is 68.3 Å². The van der Waals surface area contributed by atoms with Gasteiger partial charge in [0, 0.05) is 37.7 Å². The second-order valence-electron chi connectivity index (χ2n) is 7.01. The van der Waals surface area contributed by atoms with Gasteiger partial charge in [0.1, 0.15) is 0 Å². The van der Waals surface area contributed by atoms with Gasteiger partial charge in [-0.25, -0.2) is 0 Å². The van der Waals surface area contributed by atoms with Crippen LogP contribution < -0.4 is 14.2 Å². The van der Waals surface area contributed by atoms with Crippen molar-refractivity contribution in [2.45, 2.75) is 25.7 Å². The normalized spacial score (nSPS) is 17.7. The Balaban J connectivity index is 1.68. The molecule has 148 valence electrons. The Morgan fingerprint density at radius 3 is 1.89 bits per heavy atom.